The molecule has 154 valence electrons. The van der Waals surface area contributed by atoms with Crippen molar-refractivity contribution >= 4 is 11.9 Å². The smallest absolute Gasteiger partial charge is 0.327 e. The Morgan fingerprint density at radius 1 is 1.21 bits per heavy atom. The summed E-state index contributed by atoms with van der Waals surface area (Å²) >= 11 is 0. The lowest BCUT2D eigenvalue weighted by atomic mass is 10.0. The van der Waals surface area contributed by atoms with E-state index in [9.17, 15) is 14.7 Å². The fourth-order valence-corrected chi connectivity index (χ4v) is 3.58. The summed E-state index contributed by atoms with van der Waals surface area (Å²) < 4.78 is 22.8. The molecule has 0 saturated carbocycles. The van der Waals surface area contributed by atoms with Crippen molar-refractivity contribution < 1.29 is 38.5 Å². The van der Waals surface area contributed by atoms with Crippen molar-refractivity contribution in [2.45, 2.75) is 63.7 Å². The van der Waals surface area contributed by atoms with Crippen LogP contribution in [0.5, 0.6) is 0 Å². The van der Waals surface area contributed by atoms with Crippen LogP contribution in [0.2, 0.25) is 0 Å². The van der Waals surface area contributed by atoms with Crippen molar-refractivity contribution in [2.75, 3.05) is 7.11 Å². The number of hydroxylamine groups is 2. The maximum Gasteiger partial charge on any atom is 0.327 e. The molecule has 0 aromatic heterocycles. The fraction of sp³-hybridized carbons (Fsp3) is 0.579. The van der Waals surface area contributed by atoms with Crippen molar-refractivity contribution in [1.82, 2.24) is 5.06 Å². The van der Waals surface area contributed by atoms with Crippen LogP contribution < -0.4 is 0 Å². The first-order chi connectivity index (χ1) is 13.2. The van der Waals surface area contributed by atoms with Crippen LogP contribution in [0.15, 0.2) is 30.3 Å². The van der Waals surface area contributed by atoms with E-state index >= 15 is 0 Å². The highest BCUT2D eigenvalue weighted by molar-refractivity contribution is 5.75. The number of aliphatic carboxylic acids is 1. The maximum absolute atomic E-state index is 12.2. The van der Waals surface area contributed by atoms with Crippen LogP contribution in [0.25, 0.3) is 0 Å². The number of hydrogen-bond acceptors (Lipinski definition) is 8. The van der Waals surface area contributed by atoms with Crippen LogP contribution in [-0.4, -0.2) is 65.6 Å². The summed E-state index contributed by atoms with van der Waals surface area (Å²) in [6.45, 7) is 4.75. The average Bonchev–Trinajstić information content (AvgIpc) is 3.08. The fourth-order valence-electron chi connectivity index (χ4n) is 3.58. The average molecular weight is 395 g/mol. The highest BCUT2D eigenvalue weighted by Gasteiger charge is 2.60. The zero-order chi connectivity index (χ0) is 20.5. The second-order valence-corrected chi connectivity index (χ2v) is 7.20. The molecule has 0 amide bonds. The molecular formula is C19H25NO8. The number of hydrogen-bond donors (Lipinski definition) is 1. The number of rotatable bonds is 7. The highest BCUT2D eigenvalue weighted by Crippen LogP contribution is 2.41. The number of carboxylic acid groups (broad SMARTS) is 1. The number of nitrogens with zero attached hydrogens (tertiary/aromatic N) is 1. The zero-order valence-corrected chi connectivity index (χ0v) is 16.2. The standard InChI is InChI=1S/C19H25NO8/c1-11(21)28-20(10-12-8-6-5-7-9-12)13(17(22)23)14-15-16(18(24-4)25-14)27-19(2,3)26-15/h5-9,13-16,18H,10H2,1-4H3,(H,22,23)/t13-,14+,15+,16+,18+/m0/s1. The predicted octanol–water partition coefficient (Wildman–Crippen LogP) is 1.31. The molecule has 2 heterocycles. The van der Waals surface area contributed by atoms with E-state index in [1.807, 2.05) is 30.3 Å². The van der Waals surface area contributed by atoms with E-state index < -0.39 is 48.4 Å². The molecular weight excluding hydrogens is 370 g/mol. The summed E-state index contributed by atoms with van der Waals surface area (Å²) in [5, 5.41) is 11.1. The quantitative estimate of drug-likeness (QED) is 0.684. The van der Waals surface area contributed by atoms with Crippen LogP contribution >= 0.6 is 0 Å². The van der Waals surface area contributed by atoms with Crippen molar-refractivity contribution in [1.29, 1.82) is 0 Å². The molecule has 0 unspecified atom stereocenters. The lowest BCUT2D eigenvalue weighted by molar-refractivity contribution is -0.256. The van der Waals surface area contributed by atoms with Gasteiger partial charge in [0.2, 0.25) is 0 Å². The summed E-state index contributed by atoms with van der Waals surface area (Å²) in [5.41, 5.74) is 0.775. The lowest BCUT2D eigenvalue weighted by Gasteiger charge is -2.32. The minimum Gasteiger partial charge on any atom is -0.480 e. The van der Waals surface area contributed by atoms with Crippen molar-refractivity contribution in [2.24, 2.45) is 0 Å². The van der Waals surface area contributed by atoms with E-state index in [1.165, 1.54) is 14.0 Å². The summed E-state index contributed by atoms with van der Waals surface area (Å²) in [5.74, 6) is -2.77. The number of fused-ring (bicyclic) bond motifs is 1. The second-order valence-electron chi connectivity index (χ2n) is 7.20. The van der Waals surface area contributed by atoms with Crippen LogP contribution in [0.3, 0.4) is 0 Å². The molecule has 2 saturated heterocycles. The van der Waals surface area contributed by atoms with Gasteiger partial charge in [-0.1, -0.05) is 30.3 Å². The Morgan fingerprint density at radius 2 is 1.86 bits per heavy atom. The first-order valence-corrected chi connectivity index (χ1v) is 8.97. The number of carboxylic acids is 1. The molecule has 0 spiro atoms. The van der Waals surface area contributed by atoms with Gasteiger partial charge in [-0.2, -0.15) is 0 Å². The molecule has 1 N–H and O–H groups in total. The molecule has 9 heteroatoms. The minimum absolute atomic E-state index is 0.0660. The van der Waals surface area contributed by atoms with E-state index in [0.717, 1.165) is 10.6 Å². The Labute approximate surface area is 163 Å². The van der Waals surface area contributed by atoms with Gasteiger partial charge in [-0.05, 0) is 19.4 Å². The lowest BCUT2D eigenvalue weighted by Crippen LogP contribution is -2.53. The highest BCUT2D eigenvalue weighted by atomic mass is 16.8. The zero-order valence-electron chi connectivity index (χ0n) is 16.2. The minimum atomic E-state index is -1.32. The Hall–Kier alpha value is -2.04. The largest absolute Gasteiger partial charge is 0.480 e. The first kappa shape index (κ1) is 20.7. The summed E-state index contributed by atoms with van der Waals surface area (Å²) in [6.07, 6.45) is -3.07. The Bertz CT molecular complexity index is 709. The summed E-state index contributed by atoms with van der Waals surface area (Å²) in [6, 6.07) is 7.77. The van der Waals surface area contributed by atoms with E-state index in [1.54, 1.807) is 13.8 Å². The van der Waals surface area contributed by atoms with Crippen molar-refractivity contribution in [3.63, 3.8) is 0 Å². The van der Waals surface area contributed by atoms with E-state index in [4.69, 9.17) is 23.8 Å². The van der Waals surface area contributed by atoms with Crippen molar-refractivity contribution in [3.05, 3.63) is 35.9 Å². The van der Waals surface area contributed by atoms with Gasteiger partial charge < -0.3 is 28.9 Å². The molecule has 1 aromatic carbocycles. The molecule has 2 aliphatic rings. The third kappa shape index (κ3) is 4.34. The van der Waals surface area contributed by atoms with Gasteiger partial charge in [0.1, 0.15) is 18.3 Å². The van der Waals surface area contributed by atoms with E-state index in [-0.39, 0.29) is 6.54 Å². The van der Waals surface area contributed by atoms with Crippen LogP contribution in [-0.2, 0) is 39.9 Å². The second kappa shape index (κ2) is 8.14. The van der Waals surface area contributed by atoms with Gasteiger partial charge in [0.05, 0.1) is 6.54 Å². The number of carbonyl (C=O) groups is 2. The number of methoxy groups -OCH3 is 1. The molecule has 0 bridgehead atoms. The number of ether oxygens (including phenoxy) is 4. The van der Waals surface area contributed by atoms with Gasteiger partial charge in [-0.3, -0.25) is 9.59 Å². The third-order valence-electron chi connectivity index (χ3n) is 4.58. The van der Waals surface area contributed by atoms with Gasteiger partial charge in [0, 0.05) is 14.0 Å². The molecule has 0 aliphatic carbocycles. The van der Waals surface area contributed by atoms with E-state index in [2.05, 4.69) is 0 Å². The van der Waals surface area contributed by atoms with Gasteiger partial charge in [0.15, 0.2) is 18.1 Å². The Morgan fingerprint density at radius 3 is 2.43 bits per heavy atom. The van der Waals surface area contributed by atoms with Crippen LogP contribution in [0.4, 0.5) is 0 Å². The maximum atomic E-state index is 12.2. The summed E-state index contributed by atoms with van der Waals surface area (Å²) in [4.78, 5) is 29.1. The molecule has 1 aromatic rings. The third-order valence-corrected chi connectivity index (χ3v) is 4.58. The normalized spacial score (nSPS) is 29.5. The van der Waals surface area contributed by atoms with Crippen LogP contribution in [0.1, 0.15) is 26.3 Å². The molecule has 3 rings (SSSR count). The predicted molar refractivity (Wildman–Crippen MR) is 94.7 cm³/mol. The van der Waals surface area contributed by atoms with Crippen LogP contribution in [0, 0.1) is 0 Å². The van der Waals surface area contributed by atoms with Gasteiger partial charge in [-0.25, -0.2) is 0 Å². The molecule has 9 nitrogen and oxygen atoms in total. The topological polar surface area (TPSA) is 104 Å². The van der Waals surface area contributed by atoms with E-state index in [0.29, 0.717) is 0 Å². The van der Waals surface area contributed by atoms with Gasteiger partial charge in [0.25, 0.3) is 0 Å². The molecule has 0 radical (unpaired) electrons. The van der Waals surface area contributed by atoms with Crippen molar-refractivity contribution in [3.8, 4) is 0 Å². The Balaban J connectivity index is 1.91. The Kier molecular flexibility index (Phi) is 6.01. The monoisotopic (exact) mass is 395 g/mol. The molecule has 28 heavy (non-hydrogen) atoms. The number of carbonyl (C=O) groups excluding carboxylic acids is 1. The molecule has 2 fully saturated rings. The first-order valence-electron chi connectivity index (χ1n) is 8.97. The molecule has 2 aliphatic heterocycles. The summed E-state index contributed by atoms with van der Waals surface area (Å²) in [7, 11) is 1.45. The van der Waals surface area contributed by atoms with Gasteiger partial charge in [-0.15, -0.1) is 5.06 Å². The number of benzene rings is 1. The molecule has 5 atom stereocenters. The van der Waals surface area contributed by atoms with Gasteiger partial charge >= 0.3 is 11.9 Å². The SMILES string of the molecule is CO[C@@H]1O[C@H]([C@@H](C(=O)O)N(Cc2ccccc2)OC(C)=O)[C@H]2OC(C)(C)O[C@@H]12.